The second kappa shape index (κ2) is 26.0. The first kappa shape index (κ1) is 70.5. The third-order valence-corrected chi connectivity index (χ3v) is 29.5. The average Bonchev–Trinajstić information content (AvgIpc) is 1.51. The van der Waals surface area contributed by atoms with Gasteiger partial charge >= 0.3 is 0 Å². The highest BCUT2D eigenvalue weighted by molar-refractivity contribution is 6.43. The fourth-order valence-corrected chi connectivity index (χ4v) is 24.0. The monoisotopic (exact) mass is 1670 g/mol. The smallest absolute Gasteiger partial charge is 0.160 e. The Morgan fingerprint density at radius 1 is 0.189 bits per heavy atom. The summed E-state index contributed by atoms with van der Waals surface area (Å²) in [6.07, 6.45) is 0.741. The Kier molecular flexibility index (Phi) is 13.9. The molecular weight excluding hydrogens is 1600 g/mol. The molecule has 30 aromatic rings. The van der Waals surface area contributed by atoms with Crippen LogP contribution in [0.3, 0.4) is 0 Å². The van der Waals surface area contributed by atoms with E-state index in [1.807, 2.05) is 0 Å². The van der Waals surface area contributed by atoms with E-state index in [0.29, 0.717) is 11.6 Å². The number of aromatic nitrogens is 9. The summed E-state index contributed by atoms with van der Waals surface area (Å²) >= 11 is 0. The zero-order valence-electron chi connectivity index (χ0n) is 70.9. The van der Waals surface area contributed by atoms with Gasteiger partial charge in [0.05, 0.1) is 88.6 Å². The summed E-state index contributed by atoms with van der Waals surface area (Å²) in [4.78, 5) is 22.5. The molecule has 0 aliphatic heterocycles. The maximum atomic E-state index is 5.83. The molecule has 132 heavy (non-hydrogen) atoms. The van der Waals surface area contributed by atoms with Crippen molar-refractivity contribution in [3.8, 4) is 84.6 Å². The minimum Gasteiger partial charge on any atom is -0.309 e. The number of hydrogen-bond acceptors (Lipinski definition) is 4. The standard InChI is InChI=1S/C123H69N9/c1-2-25-77(26-3-1)128-104-44-17-13-29-85(104)88-61-54-75(68-107(88)128)113-101-66-73(55-64-103(101)125-123(127-113)72-49-58-79(59-50-72)130-115-83-28-7-5-24-70(83)52-63-99(115)111-109-97-42-22-40-90-87-31-15-19-46-106(87)132(117(90)97)121(109)94-35-11-9-33-92(94)119(111)130)80-37-20-38-84-81-60-53-74(65-76(81)67-100(80)84)112-95-36-12-16-43-102(95)124-122(126-112)71-47-56-78(57-48-71)129-114-82-27-6-4-23-69(82)51-62-98(114)110-108-96-41-21-39-89-86-30-14-18-45-105(86)131(116(89)96)120(108)93-34-10-8-32-91(93)118(110)129/h1-66,68H,67H2. The van der Waals surface area contributed by atoms with Crippen LogP contribution in [-0.4, -0.2) is 42.4 Å². The Labute approximate surface area is 752 Å². The Bertz CT molecular complexity index is 10400. The molecule has 9 aromatic heterocycles. The third kappa shape index (κ3) is 9.38. The normalized spacial score (nSPS) is 12.7. The summed E-state index contributed by atoms with van der Waals surface area (Å²) in [7, 11) is 0. The van der Waals surface area contributed by atoms with E-state index in [1.165, 1.54) is 201 Å². The van der Waals surface area contributed by atoms with Gasteiger partial charge in [0.25, 0.3) is 0 Å². The van der Waals surface area contributed by atoms with Gasteiger partial charge in [-0.15, -0.1) is 0 Å². The van der Waals surface area contributed by atoms with Crippen molar-refractivity contribution < 1.29 is 0 Å². The van der Waals surface area contributed by atoms with E-state index in [0.717, 1.165) is 95.5 Å². The minimum atomic E-state index is 0.651. The van der Waals surface area contributed by atoms with Crippen LogP contribution >= 0.6 is 0 Å². The van der Waals surface area contributed by atoms with Crippen LogP contribution in [0.15, 0.2) is 406 Å². The van der Waals surface area contributed by atoms with Gasteiger partial charge in [-0.2, -0.15) is 0 Å². The van der Waals surface area contributed by atoms with Gasteiger partial charge in [0.15, 0.2) is 11.6 Å². The van der Waals surface area contributed by atoms with Crippen molar-refractivity contribution >= 4 is 207 Å². The number of fused-ring (bicyclic) bond motifs is 38. The van der Waals surface area contributed by atoms with Gasteiger partial charge in [-0.05, 0) is 160 Å². The number of nitrogens with zero attached hydrogens (tertiary/aromatic N) is 9. The molecule has 0 radical (unpaired) electrons. The summed E-state index contributed by atoms with van der Waals surface area (Å²) in [5.41, 5.74) is 32.4. The molecule has 9 nitrogen and oxygen atoms in total. The van der Waals surface area contributed by atoms with Crippen LogP contribution in [0.2, 0.25) is 0 Å². The van der Waals surface area contributed by atoms with Gasteiger partial charge in [0.1, 0.15) is 0 Å². The predicted molar refractivity (Wildman–Crippen MR) is 550 cm³/mol. The van der Waals surface area contributed by atoms with Crippen molar-refractivity contribution in [3.63, 3.8) is 0 Å². The number of rotatable bonds is 8. The molecule has 0 amide bonds. The first-order chi connectivity index (χ1) is 65.5. The molecule has 0 atom stereocenters. The molecule has 0 N–H and O–H groups in total. The lowest BCUT2D eigenvalue weighted by Gasteiger charge is -2.15. The van der Waals surface area contributed by atoms with E-state index in [1.54, 1.807) is 0 Å². The van der Waals surface area contributed by atoms with E-state index >= 15 is 0 Å². The molecule has 21 aromatic carbocycles. The molecule has 1 aliphatic rings. The maximum absolute atomic E-state index is 5.83. The van der Waals surface area contributed by atoms with Gasteiger partial charge in [-0.1, -0.05) is 297 Å². The van der Waals surface area contributed by atoms with E-state index < -0.39 is 0 Å². The van der Waals surface area contributed by atoms with Crippen LogP contribution in [0.1, 0.15) is 11.1 Å². The van der Waals surface area contributed by atoms with Crippen LogP contribution in [0.4, 0.5) is 0 Å². The van der Waals surface area contributed by atoms with Gasteiger partial charge < -0.3 is 22.5 Å². The fraction of sp³-hybridized carbons (Fsp3) is 0.00813. The quantitative estimate of drug-likeness (QED) is 0.152. The van der Waals surface area contributed by atoms with Crippen molar-refractivity contribution in [2.24, 2.45) is 0 Å². The molecule has 31 rings (SSSR count). The van der Waals surface area contributed by atoms with E-state index in [-0.39, 0.29) is 0 Å². The van der Waals surface area contributed by atoms with Gasteiger partial charge in [-0.3, -0.25) is 0 Å². The first-order valence-electron chi connectivity index (χ1n) is 45.5. The van der Waals surface area contributed by atoms with Crippen LogP contribution in [0.25, 0.3) is 291 Å². The molecule has 0 fully saturated rings. The van der Waals surface area contributed by atoms with Gasteiger partial charge in [-0.25, -0.2) is 19.9 Å². The molecule has 9 heteroatoms. The molecule has 0 unspecified atom stereocenters. The molecule has 0 spiro atoms. The van der Waals surface area contributed by atoms with E-state index in [4.69, 9.17) is 19.9 Å². The highest BCUT2D eigenvalue weighted by Crippen LogP contribution is 2.55. The van der Waals surface area contributed by atoms with Crippen molar-refractivity contribution in [1.29, 1.82) is 0 Å². The van der Waals surface area contributed by atoms with Crippen LogP contribution in [0, 0.1) is 0 Å². The molecular formula is C123H69N9. The van der Waals surface area contributed by atoms with Crippen molar-refractivity contribution in [2.45, 2.75) is 6.42 Å². The number of para-hydroxylation sites is 7. The lowest BCUT2D eigenvalue weighted by Crippen LogP contribution is -1.98. The van der Waals surface area contributed by atoms with E-state index in [9.17, 15) is 0 Å². The third-order valence-electron chi connectivity index (χ3n) is 29.5. The highest BCUT2D eigenvalue weighted by atomic mass is 15.0. The predicted octanol–water partition coefficient (Wildman–Crippen LogP) is 31.7. The largest absolute Gasteiger partial charge is 0.309 e. The second-order valence-corrected chi connectivity index (χ2v) is 36.1. The topological polar surface area (TPSA) is 75.2 Å². The SMILES string of the molecule is c1ccc(-n2c3ccccc3c3ccc(-c4nc(-c5ccc(-n6c7c8ccccc8ccc7c7c8c9cccc%10c%11ccccc%11n(c%109)c8c8ccccc8c76)cc5)nc5ccc(-c6cccc7c6Cc6cc(-c8nc(-c9ccc(-n%10c%11c%12ccccc%12ccc%11c%11c%12c%13cccc%14c%15ccccc%15n(c%14%13)c%12c%12ccccc%12c%11%10)cc9)nc9ccccc89)ccc6-7)cc45)cc32)cc1. The Hall–Kier alpha value is -17.7. The maximum Gasteiger partial charge on any atom is 0.160 e. The summed E-state index contributed by atoms with van der Waals surface area (Å²) in [6, 6.07) is 150. The van der Waals surface area contributed by atoms with Gasteiger partial charge in [0.2, 0.25) is 0 Å². The summed E-state index contributed by atoms with van der Waals surface area (Å²) in [6.45, 7) is 0. The van der Waals surface area contributed by atoms with Crippen molar-refractivity contribution in [2.75, 3.05) is 0 Å². The molecule has 0 saturated heterocycles. The summed E-state index contributed by atoms with van der Waals surface area (Å²) < 4.78 is 12.6. The lowest BCUT2D eigenvalue weighted by molar-refractivity contribution is 1.18. The average molecular weight is 1670 g/mol. The first-order valence-corrected chi connectivity index (χ1v) is 45.5. The van der Waals surface area contributed by atoms with Crippen LogP contribution in [0.5, 0.6) is 0 Å². The Balaban J connectivity index is 0.533. The molecule has 1 aliphatic carbocycles. The zero-order chi connectivity index (χ0) is 85.6. The highest BCUT2D eigenvalue weighted by Gasteiger charge is 2.32. The van der Waals surface area contributed by atoms with Crippen LogP contribution < -0.4 is 0 Å². The summed E-state index contributed by atoms with van der Waals surface area (Å²) in [5.74, 6) is 1.32. The number of hydrogen-bond donors (Lipinski definition) is 0. The molecule has 606 valence electrons. The molecule has 0 bridgehead atoms. The van der Waals surface area contributed by atoms with E-state index in [2.05, 4.69) is 429 Å². The Morgan fingerprint density at radius 3 is 1.16 bits per heavy atom. The zero-order valence-corrected chi connectivity index (χ0v) is 70.9. The summed E-state index contributed by atoms with van der Waals surface area (Å²) in [5, 5.41) is 29.2. The van der Waals surface area contributed by atoms with Gasteiger partial charge in [0, 0.05) is 158 Å². The molecule has 9 heterocycles. The van der Waals surface area contributed by atoms with Crippen LogP contribution in [-0.2, 0) is 6.42 Å². The van der Waals surface area contributed by atoms with Crippen molar-refractivity contribution in [1.82, 2.24) is 42.4 Å². The lowest BCUT2D eigenvalue weighted by atomic mass is 9.94. The number of benzene rings is 21. The second-order valence-electron chi connectivity index (χ2n) is 36.1. The molecule has 0 saturated carbocycles. The Morgan fingerprint density at radius 2 is 0.576 bits per heavy atom. The fourth-order valence-electron chi connectivity index (χ4n) is 24.0. The van der Waals surface area contributed by atoms with Crippen molar-refractivity contribution in [3.05, 3.63) is 418 Å². The minimum absolute atomic E-state index is 0.651.